The molecule has 1 heterocycles. The van der Waals surface area contributed by atoms with Gasteiger partial charge in [0.15, 0.2) is 0 Å². The average molecular weight is 238 g/mol. The third kappa shape index (κ3) is 2.07. The predicted molar refractivity (Wildman–Crippen MR) is 77.6 cm³/mol. The highest BCUT2D eigenvalue weighted by Crippen LogP contribution is 2.25. The zero-order chi connectivity index (χ0) is 11.7. The lowest BCUT2D eigenvalue weighted by Crippen LogP contribution is -2.37. The van der Waals surface area contributed by atoms with Gasteiger partial charge < -0.3 is 0 Å². The first-order valence-electron chi connectivity index (χ1n) is 6.50. The Morgan fingerprint density at radius 1 is 0.882 bits per heavy atom. The van der Waals surface area contributed by atoms with E-state index in [4.69, 9.17) is 0 Å². The van der Waals surface area contributed by atoms with Gasteiger partial charge in [0.25, 0.3) is 0 Å². The molecule has 0 radical (unpaired) electrons. The molecule has 3 rings (SSSR count). The Balaban J connectivity index is 2.04. The van der Waals surface area contributed by atoms with Crippen LogP contribution in [0, 0.1) is 6.92 Å². The van der Waals surface area contributed by atoms with E-state index in [-0.39, 0.29) is 0 Å². The highest BCUT2D eigenvalue weighted by molar-refractivity contribution is 6.76. The van der Waals surface area contributed by atoms with Crippen molar-refractivity contribution in [2.45, 2.75) is 25.4 Å². The molecule has 0 unspecified atom stereocenters. The van der Waals surface area contributed by atoms with Gasteiger partial charge in [-0.1, -0.05) is 77.8 Å². The van der Waals surface area contributed by atoms with Crippen LogP contribution in [0.4, 0.5) is 0 Å². The fourth-order valence-electron chi connectivity index (χ4n) is 2.57. The number of hydrogen-bond donors (Lipinski definition) is 0. The summed E-state index contributed by atoms with van der Waals surface area (Å²) in [6, 6.07) is 21.0. The largest absolute Gasteiger partial charge is 0.0716 e. The number of rotatable bonds is 2. The summed E-state index contributed by atoms with van der Waals surface area (Å²) in [6.07, 6.45) is 1.46. The molecule has 86 valence electrons. The monoisotopic (exact) mass is 238 g/mol. The van der Waals surface area contributed by atoms with Gasteiger partial charge in [0.05, 0.1) is 8.80 Å². The van der Waals surface area contributed by atoms with Crippen molar-refractivity contribution < 1.29 is 0 Å². The van der Waals surface area contributed by atoms with Crippen LogP contribution in [0.25, 0.3) is 11.1 Å². The molecule has 0 aromatic heterocycles. The molecule has 2 aromatic carbocycles. The van der Waals surface area contributed by atoms with Gasteiger partial charge in [-0.25, -0.2) is 0 Å². The summed E-state index contributed by atoms with van der Waals surface area (Å²) in [6.45, 7) is 2.15. The second-order valence-electron chi connectivity index (χ2n) is 5.08. The highest BCUT2D eigenvalue weighted by atomic mass is 28.3. The van der Waals surface area contributed by atoms with Crippen molar-refractivity contribution in [2.75, 3.05) is 0 Å². The lowest BCUT2D eigenvalue weighted by atomic mass is 10.0. The Kier molecular flexibility index (Phi) is 2.85. The van der Waals surface area contributed by atoms with Gasteiger partial charge >= 0.3 is 0 Å². The predicted octanol–water partition coefficient (Wildman–Crippen LogP) is 3.50. The molecule has 17 heavy (non-hydrogen) atoms. The van der Waals surface area contributed by atoms with Gasteiger partial charge in [0, 0.05) is 0 Å². The Bertz CT molecular complexity index is 509. The molecule has 2 aromatic rings. The molecule has 0 bridgehead atoms. The first-order chi connectivity index (χ1) is 8.34. The van der Waals surface area contributed by atoms with Gasteiger partial charge in [-0.15, -0.1) is 0 Å². The third-order valence-electron chi connectivity index (χ3n) is 3.87. The zero-order valence-electron chi connectivity index (χ0n) is 10.3. The maximum absolute atomic E-state index is 2.37. The Morgan fingerprint density at radius 3 is 2.24 bits per heavy atom. The Hall–Kier alpha value is -1.34. The van der Waals surface area contributed by atoms with Gasteiger partial charge in [0.2, 0.25) is 0 Å². The van der Waals surface area contributed by atoms with Crippen LogP contribution in [-0.4, -0.2) is 8.80 Å². The molecule has 0 N–H and O–H groups in total. The van der Waals surface area contributed by atoms with Crippen molar-refractivity contribution in [3.63, 3.8) is 0 Å². The van der Waals surface area contributed by atoms with Crippen molar-refractivity contribution in [2.24, 2.45) is 0 Å². The quantitative estimate of drug-likeness (QED) is 0.703. The van der Waals surface area contributed by atoms with E-state index in [1.807, 2.05) is 0 Å². The van der Waals surface area contributed by atoms with Crippen LogP contribution in [0.5, 0.6) is 0 Å². The smallest absolute Gasteiger partial charge is 0.0627 e. The maximum atomic E-state index is 2.37. The molecule has 0 saturated carbocycles. The minimum atomic E-state index is -0.581. The van der Waals surface area contributed by atoms with Gasteiger partial charge in [-0.2, -0.15) is 0 Å². The number of benzene rings is 2. The molecular formula is C16H18Si. The van der Waals surface area contributed by atoms with Crippen molar-refractivity contribution in [1.82, 2.24) is 0 Å². The molecule has 1 aliphatic heterocycles. The Labute approximate surface area is 105 Å². The summed E-state index contributed by atoms with van der Waals surface area (Å²) in [5.74, 6) is 0. The molecule has 0 aliphatic carbocycles. The molecule has 1 heteroatoms. The standard InChI is InChI=1S/C16H18Si/c1-13-7-9-14(10-8-13)15-5-2-3-6-16(15)17-11-4-12-17/h2-3,5-10,17H,4,11-12H2,1H3. The maximum Gasteiger partial charge on any atom is 0.0716 e. The summed E-state index contributed by atoms with van der Waals surface area (Å²) in [5, 5.41) is 1.68. The summed E-state index contributed by atoms with van der Waals surface area (Å²) in [4.78, 5) is 0. The van der Waals surface area contributed by atoms with Crippen molar-refractivity contribution in [1.29, 1.82) is 0 Å². The minimum Gasteiger partial charge on any atom is -0.0627 e. The van der Waals surface area contributed by atoms with E-state index in [1.165, 1.54) is 35.2 Å². The second kappa shape index (κ2) is 4.50. The van der Waals surface area contributed by atoms with E-state index < -0.39 is 8.80 Å². The third-order valence-corrected chi connectivity index (χ3v) is 7.46. The van der Waals surface area contributed by atoms with Crippen LogP contribution in [-0.2, 0) is 0 Å². The summed E-state index contributed by atoms with van der Waals surface area (Å²) in [7, 11) is -0.581. The van der Waals surface area contributed by atoms with E-state index in [2.05, 4.69) is 55.5 Å². The first kappa shape index (κ1) is 10.8. The molecule has 0 nitrogen and oxygen atoms in total. The van der Waals surface area contributed by atoms with E-state index in [0.717, 1.165) is 0 Å². The SMILES string of the molecule is Cc1ccc(-c2ccccc2[SiH]2CCC2)cc1. The molecule has 1 saturated heterocycles. The number of hydrogen-bond acceptors (Lipinski definition) is 0. The van der Waals surface area contributed by atoms with Crippen LogP contribution in [0.2, 0.25) is 12.1 Å². The van der Waals surface area contributed by atoms with E-state index in [9.17, 15) is 0 Å². The molecule has 0 amide bonds. The molecular weight excluding hydrogens is 220 g/mol. The van der Waals surface area contributed by atoms with E-state index in [0.29, 0.717) is 0 Å². The van der Waals surface area contributed by atoms with Crippen molar-refractivity contribution in [3.05, 3.63) is 54.1 Å². The van der Waals surface area contributed by atoms with Crippen molar-refractivity contribution >= 4 is 14.0 Å². The van der Waals surface area contributed by atoms with Crippen molar-refractivity contribution in [3.8, 4) is 11.1 Å². The van der Waals surface area contributed by atoms with Gasteiger partial charge in [-0.3, -0.25) is 0 Å². The van der Waals surface area contributed by atoms with Gasteiger partial charge in [-0.05, 0) is 18.1 Å². The number of aryl methyl sites for hydroxylation is 1. The molecule has 0 atom stereocenters. The van der Waals surface area contributed by atoms with Crippen LogP contribution in [0.1, 0.15) is 12.0 Å². The van der Waals surface area contributed by atoms with E-state index in [1.54, 1.807) is 5.19 Å². The summed E-state index contributed by atoms with van der Waals surface area (Å²) < 4.78 is 0. The van der Waals surface area contributed by atoms with E-state index >= 15 is 0 Å². The Morgan fingerprint density at radius 2 is 1.59 bits per heavy atom. The summed E-state index contributed by atoms with van der Waals surface area (Å²) >= 11 is 0. The fraction of sp³-hybridized carbons (Fsp3) is 0.250. The van der Waals surface area contributed by atoms with Crippen LogP contribution < -0.4 is 5.19 Å². The second-order valence-corrected chi connectivity index (χ2v) is 8.25. The van der Waals surface area contributed by atoms with Crippen LogP contribution in [0.3, 0.4) is 0 Å². The molecule has 1 fully saturated rings. The first-order valence-corrected chi connectivity index (χ1v) is 8.71. The van der Waals surface area contributed by atoms with Gasteiger partial charge in [0.1, 0.15) is 0 Å². The topological polar surface area (TPSA) is 0 Å². The average Bonchev–Trinajstić information content (AvgIpc) is 2.29. The summed E-state index contributed by atoms with van der Waals surface area (Å²) in [5.41, 5.74) is 4.22. The highest BCUT2D eigenvalue weighted by Gasteiger charge is 2.23. The lowest BCUT2D eigenvalue weighted by Gasteiger charge is -2.26. The zero-order valence-corrected chi connectivity index (χ0v) is 11.5. The normalized spacial score (nSPS) is 15.6. The minimum absolute atomic E-state index is 0.581. The van der Waals surface area contributed by atoms with Crippen LogP contribution in [0.15, 0.2) is 48.5 Å². The lowest BCUT2D eigenvalue weighted by molar-refractivity contribution is 0.951. The molecule has 0 spiro atoms. The fourth-order valence-corrected chi connectivity index (χ4v) is 5.09. The molecule has 1 aliphatic rings. The van der Waals surface area contributed by atoms with Crippen LogP contribution >= 0.6 is 0 Å².